The van der Waals surface area contributed by atoms with E-state index < -0.39 is 49.6 Å². The fourth-order valence-electron chi connectivity index (χ4n) is 2.43. The molecular formula is C16H12Cl2F6N4S2. The molecule has 0 spiro atoms. The van der Waals surface area contributed by atoms with Crippen molar-refractivity contribution in [3.63, 3.8) is 0 Å². The lowest BCUT2D eigenvalue weighted by Gasteiger charge is -2.23. The molecule has 1 aromatic carbocycles. The molecule has 0 N–H and O–H groups in total. The van der Waals surface area contributed by atoms with Gasteiger partial charge in [0.2, 0.25) is 0 Å². The molecular weight excluding hydrogens is 497 g/mol. The summed E-state index contributed by atoms with van der Waals surface area (Å²) in [6.45, 7) is 0.263. The Bertz CT molecular complexity index is 945. The molecule has 4 nitrogen and oxygen atoms in total. The predicted octanol–water partition coefficient (Wildman–Crippen LogP) is 6.48. The third-order valence-corrected chi connectivity index (χ3v) is 5.67. The Labute approximate surface area is 186 Å². The molecule has 1 aromatic heterocycles. The second kappa shape index (κ2) is 9.38. The first-order chi connectivity index (χ1) is 13.8. The van der Waals surface area contributed by atoms with Crippen LogP contribution in [0, 0.1) is 11.3 Å². The maximum Gasteiger partial charge on any atom is 0.446 e. The van der Waals surface area contributed by atoms with Crippen LogP contribution in [0.5, 0.6) is 0 Å². The van der Waals surface area contributed by atoms with Crippen LogP contribution in [0.4, 0.5) is 32.2 Å². The highest BCUT2D eigenvalue weighted by Gasteiger charge is 2.37. The van der Waals surface area contributed by atoms with Crippen LogP contribution in [0.25, 0.3) is 5.69 Å². The molecule has 0 saturated heterocycles. The number of hydrogen-bond donors (Lipinski definition) is 0. The van der Waals surface area contributed by atoms with E-state index in [2.05, 4.69) is 5.10 Å². The standard InChI is InChI=1S/C16H12Cl2F6N4S2/c1-27(3-4-29-2)14-13(30-16(22,23)24)11(7-25)26-28(14)12-9(17)5-8(6-10(12)18)15(19,20)21/h5-6H,3-4H2,1-2H3. The number of anilines is 1. The summed E-state index contributed by atoms with van der Waals surface area (Å²) >= 11 is 12.9. The SMILES string of the molecule is CSCCN(C)c1c(SC(F)(F)F)c(C#N)nn1-c1c(Cl)cc(C(F)(F)F)cc1Cl. The predicted molar refractivity (Wildman–Crippen MR) is 107 cm³/mol. The number of alkyl halides is 6. The van der Waals surface area contributed by atoms with Crippen molar-refractivity contribution in [2.24, 2.45) is 0 Å². The van der Waals surface area contributed by atoms with Crippen molar-refractivity contribution < 1.29 is 26.3 Å². The average molecular weight is 509 g/mol. The molecule has 0 aliphatic carbocycles. The van der Waals surface area contributed by atoms with E-state index in [-0.39, 0.29) is 18.1 Å². The molecule has 0 aliphatic heterocycles. The summed E-state index contributed by atoms with van der Waals surface area (Å²) in [5.74, 6) is 0.361. The fraction of sp³-hybridized carbons (Fsp3) is 0.375. The smallest absolute Gasteiger partial charge is 0.358 e. The van der Waals surface area contributed by atoms with Gasteiger partial charge in [-0.2, -0.15) is 48.5 Å². The lowest BCUT2D eigenvalue weighted by Crippen LogP contribution is -2.24. The molecule has 0 fully saturated rings. The van der Waals surface area contributed by atoms with Crippen LogP contribution in [-0.4, -0.2) is 40.9 Å². The number of rotatable bonds is 6. The highest BCUT2D eigenvalue weighted by Crippen LogP contribution is 2.46. The molecule has 30 heavy (non-hydrogen) atoms. The van der Waals surface area contributed by atoms with Gasteiger partial charge in [0.1, 0.15) is 17.6 Å². The fourth-order valence-corrected chi connectivity index (χ4v) is 4.29. The number of hydrogen-bond acceptors (Lipinski definition) is 5. The minimum atomic E-state index is -4.73. The van der Waals surface area contributed by atoms with Gasteiger partial charge in [-0.05, 0) is 30.2 Å². The topological polar surface area (TPSA) is 44.9 Å². The van der Waals surface area contributed by atoms with E-state index in [4.69, 9.17) is 23.2 Å². The average Bonchev–Trinajstić information content (AvgIpc) is 2.94. The van der Waals surface area contributed by atoms with Crippen molar-refractivity contribution in [1.82, 2.24) is 9.78 Å². The summed E-state index contributed by atoms with van der Waals surface area (Å²) in [5, 5.41) is 12.2. The van der Waals surface area contributed by atoms with Crippen molar-refractivity contribution in [1.29, 1.82) is 5.26 Å². The molecule has 1 heterocycles. The zero-order valence-corrected chi connectivity index (χ0v) is 18.3. The van der Waals surface area contributed by atoms with E-state index in [0.717, 1.165) is 4.68 Å². The highest BCUT2D eigenvalue weighted by atomic mass is 35.5. The second-order valence-electron chi connectivity index (χ2n) is 5.77. The second-order valence-corrected chi connectivity index (χ2v) is 8.65. The van der Waals surface area contributed by atoms with Crippen LogP contribution in [0.1, 0.15) is 11.3 Å². The molecule has 0 radical (unpaired) electrons. The third-order valence-electron chi connectivity index (χ3n) is 3.69. The number of benzene rings is 1. The van der Waals surface area contributed by atoms with Gasteiger partial charge in [-0.1, -0.05) is 23.2 Å². The number of nitrogens with zero attached hydrogens (tertiary/aromatic N) is 4. The van der Waals surface area contributed by atoms with E-state index in [1.54, 1.807) is 12.3 Å². The maximum atomic E-state index is 13.1. The van der Waals surface area contributed by atoms with E-state index in [1.807, 2.05) is 0 Å². The van der Waals surface area contributed by atoms with Gasteiger partial charge in [-0.25, -0.2) is 4.68 Å². The lowest BCUT2D eigenvalue weighted by atomic mass is 10.2. The minimum Gasteiger partial charge on any atom is -0.358 e. The van der Waals surface area contributed by atoms with Crippen LogP contribution in [-0.2, 0) is 6.18 Å². The Kier molecular flexibility index (Phi) is 7.77. The largest absolute Gasteiger partial charge is 0.446 e. The van der Waals surface area contributed by atoms with Gasteiger partial charge < -0.3 is 4.90 Å². The zero-order chi connectivity index (χ0) is 22.9. The van der Waals surface area contributed by atoms with Crippen molar-refractivity contribution >= 4 is 52.5 Å². The van der Waals surface area contributed by atoms with Crippen LogP contribution < -0.4 is 4.90 Å². The lowest BCUT2D eigenvalue weighted by molar-refractivity contribution is -0.137. The molecule has 0 atom stereocenters. The molecule has 2 rings (SSSR count). The van der Waals surface area contributed by atoms with E-state index in [0.29, 0.717) is 17.9 Å². The number of nitriles is 1. The minimum absolute atomic E-state index is 0.161. The molecule has 0 amide bonds. The van der Waals surface area contributed by atoms with E-state index in [1.165, 1.54) is 23.7 Å². The Hall–Kier alpha value is -1.42. The molecule has 14 heteroatoms. The summed E-state index contributed by atoms with van der Waals surface area (Å²) in [4.78, 5) is 0.906. The van der Waals surface area contributed by atoms with Crippen LogP contribution in [0.3, 0.4) is 0 Å². The van der Waals surface area contributed by atoms with Gasteiger partial charge in [0.15, 0.2) is 5.69 Å². The van der Waals surface area contributed by atoms with Gasteiger partial charge >= 0.3 is 11.7 Å². The van der Waals surface area contributed by atoms with Gasteiger partial charge in [0.05, 0.1) is 20.5 Å². The molecule has 164 valence electrons. The molecule has 0 bridgehead atoms. The Morgan fingerprint density at radius 1 is 1.17 bits per heavy atom. The van der Waals surface area contributed by atoms with Gasteiger partial charge in [-0.15, -0.1) is 0 Å². The van der Waals surface area contributed by atoms with E-state index >= 15 is 0 Å². The Morgan fingerprint density at radius 2 is 1.73 bits per heavy atom. The summed E-state index contributed by atoms with van der Waals surface area (Å²) in [5.41, 5.74) is -6.68. The number of thioether (sulfide) groups is 2. The maximum absolute atomic E-state index is 13.1. The molecule has 0 saturated carbocycles. The zero-order valence-electron chi connectivity index (χ0n) is 15.2. The van der Waals surface area contributed by atoms with Crippen LogP contribution >= 0.6 is 46.7 Å². The van der Waals surface area contributed by atoms with Crippen molar-refractivity contribution in [2.75, 3.05) is 30.5 Å². The summed E-state index contributed by atoms with van der Waals surface area (Å²) in [7, 11) is 1.47. The number of aromatic nitrogens is 2. The monoisotopic (exact) mass is 508 g/mol. The Balaban J connectivity index is 2.78. The van der Waals surface area contributed by atoms with E-state index in [9.17, 15) is 31.6 Å². The van der Waals surface area contributed by atoms with Crippen molar-refractivity contribution in [3.8, 4) is 11.8 Å². The first-order valence-electron chi connectivity index (χ1n) is 7.85. The molecule has 0 aliphatic rings. The van der Waals surface area contributed by atoms with Gasteiger partial charge in [0.25, 0.3) is 0 Å². The normalized spacial score (nSPS) is 12.2. The first-order valence-corrected chi connectivity index (χ1v) is 10.8. The highest BCUT2D eigenvalue weighted by molar-refractivity contribution is 8.00. The summed E-state index contributed by atoms with van der Waals surface area (Å²) in [6.07, 6.45) is -2.94. The van der Waals surface area contributed by atoms with Crippen molar-refractivity contribution in [3.05, 3.63) is 33.4 Å². The van der Waals surface area contributed by atoms with Crippen LogP contribution in [0.2, 0.25) is 10.0 Å². The van der Waals surface area contributed by atoms with Crippen molar-refractivity contribution in [2.45, 2.75) is 16.6 Å². The number of halogens is 8. The quantitative estimate of drug-likeness (QED) is 0.330. The van der Waals surface area contributed by atoms with Gasteiger partial charge in [0, 0.05) is 19.3 Å². The van der Waals surface area contributed by atoms with Gasteiger partial charge in [-0.3, -0.25) is 0 Å². The third kappa shape index (κ3) is 5.63. The molecule has 0 unspecified atom stereocenters. The van der Waals surface area contributed by atoms with Crippen LogP contribution in [0.15, 0.2) is 17.0 Å². The first kappa shape index (κ1) is 24.8. The summed E-state index contributed by atoms with van der Waals surface area (Å²) in [6, 6.07) is 2.78. The Morgan fingerprint density at radius 3 is 2.17 bits per heavy atom. The molecule has 2 aromatic rings. The summed E-state index contributed by atoms with van der Waals surface area (Å²) < 4.78 is 79.3.